The second-order valence-electron chi connectivity index (χ2n) is 6.77. The van der Waals surface area contributed by atoms with E-state index < -0.39 is 0 Å². The maximum Gasteiger partial charge on any atom is 0.237 e. The maximum absolute atomic E-state index is 12.3. The molecule has 2 fully saturated rings. The molecule has 0 aromatic heterocycles. The number of hydrogen-bond donors (Lipinski definition) is 2. The smallest absolute Gasteiger partial charge is 0.237 e. The molecule has 0 spiro atoms. The summed E-state index contributed by atoms with van der Waals surface area (Å²) < 4.78 is 0. The number of amides is 1. The van der Waals surface area contributed by atoms with E-state index in [2.05, 4.69) is 36.3 Å². The molecule has 122 valence electrons. The van der Waals surface area contributed by atoms with Crippen LogP contribution in [0.25, 0.3) is 0 Å². The third kappa shape index (κ3) is 4.43. The van der Waals surface area contributed by atoms with Crippen LogP contribution in [0.5, 0.6) is 0 Å². The van der Waals surface area contributed by atoms with Gasteiger partial charge in [0.25, 0.3) is 0 Å². The van der Waals surface area contributed by atoms with Gasteiger partial charge in [-0.1, -0.05) is 13.8 Å². The summed E-state index contributed by atoms with van der Waals surface area (Å²) in [4.78, 5) is 14.7. The topological polar surface area (TPSA) is 44.4 Å². The lowest BCUT2D eigenvalue weighted by Gasteiger charge is -2.37. The van der Waals surface area contributed by atoms with Gasteiger partial charge >= 0.3 is 0 Å². The first-order valence-corrected chi connectivity index (χ1v) is 8.93. The van der Waals surface area contributed by atoms with Gasteiger partial charge in [0, 0.05) is 12.1 Å². The number of nitrogens with zero attached hydrogens (tertiary/aromatic N) is 1. The molecule has 0 aliphatic carbocycles. The molecule has 2 N–H and O–H groups in total. The van der Waals surface area contributed by atoms with Crippen molar-refractivity contribution in [2.75, 3.05) is 19.6 Å². The van der Waals surface area contributed by atoms with Crippen molar-refractivity contribution < 1.29 is 4.79 Å². The Hall–Kier alpha value is -0.610. The van der Waals surface area contributed by atoms with Gasteiger partial charge in [0.15, 0.2) is 0 Å². The molecular weight excluding hydrogens is 262 g/mol. The van der Waals surface area contributed by atoms with Crippen LogP contribution in [0.1, 0.15) is 59.3 Å². The van der Waals surface area contributed by atoms with Gasteiger partial charge < -0.3 is 10.6 Å². The van der Waals surface area contributed by atoms with E-state index >= 15 is 0 Å². The Bertz CT molecular complexity index is 316. The highest BCUT2D eigenvalue weighted by Crippen LogP contribution is 2.26. The van der Waals surface area contributed by atoms with Crippen molar-refractivity contribution in [3.63, 3.8) is 0 Å². The molecule has 0 radical (unpaired) electrons. The lowest BCUT2D eigenvalue weighted by atomic mass is 9.88. The molecule has 2 aliphatic heterocycles. The Morgan fingerprint density at radius 3 is 2.43 bits per heavy atom. The van der Waals surface area contributed by atoms with Gasteiger partial charge in [-0.05, 0) is 71.0 Å². The van der Waals surface area contributed by atoms with Crippen LogP contribution in [0.2, 0.25) is 0 Å². The zero-order valence-electron chi connectivity index (χ0n) is 14.0. The average Bonchev–Trinajstić information content (AvgIpc) is 3.06. The van der Waals surface area contributed by atoms with Crippen LogP contribution >= 0.6 is 0 Å². The molecule has 0 aromatic carbocycles. The monoisotopic (exact) mass is 295 g/mol. The summed E-state index contributed by atoms with van der Waals surface area (Å²) in [5.41, 5.74) is 0. The largest absolute Gasteiger partial charge is 0.352 e. The van der Waals surface area contributed by atoms with E-state index in [1.807, 2.05) is 0 Å². The van der Waals surface area contributed by atoms with Crippen molar-refractivity contribution in [1.82, 2.24) is 15.5 Å². The first-order chi connectivity index (χ1) is 10.2. The molecule has 1 amide bonds. The average molecular weight is 295 g/mol. The van der Waals surface area contributed by atoms with E-state index in [4.69, 9.17) is 0 Å². The standard InChI is InChI=1S/C17H33N3O/c1-4-15(5-2)19-17(21)13(3)20-11-8-14(9-12-20)16-7-6-10-18-16/h13-16,18H,4-12H2,1-3H3,(H,19,21). The van der Waals surface area contributed by atoms with Gasteiger partial charge in [0.2, 0.25) is 5.91 Å². The fraction of sp³-hybridized carbons (Fsp3) is 0.941. The van der Waals surface area contributed by atoms with E-state index in [1.165, 1.54) is 32.2 Å². The predicted molar refractivity (Wildman–Crippen MR) is 87.3 cm³/mol. The fourth-order valence-corrected chi connectivity index (χ4v) is 3.80. The van der Waals surface area contributed by atoms with Crippen LogP contribution in [0.15, 0.2) is 0 Å². The zero-order valence-corrected chi connectivity index (χ0v) is 14.0. The van der Waals surface area contributed by atoms with Crippen molar-refractivity contribution in [1.29, 1.82) is 0 Å². The minimum Gasteiger partial charge on any atom is -0.352 e. The van der Waals surface area contributed by atoms with Crippen LogP contribution in [0.3, 0.4) is 0 Å². The summed E-state index contributed by atoms with van der Waals surface area (Å²) >= 11 is 0. The first kappa shape index (κ1) is 16.8. The summed E-state index contributed by atoms with van der Waals surface area (Å²) in [5, 5.41) is 6.82. The van der Waals surface area contributed by atoms with Crippen molar-refractivity contribution >= 4 is 5.91 Å². The summed E-state index contributed by atoms with van der Waals surface area (Å²) in [7, 11) is 0. The minimum atomic E-state index is 0.0167. The molecule has 0 aromatic rings. The number of piperidine rings is 1. The molecule has 0 saturated carbocycles. The highest BCUT2D eigenvalue weighted by Gasteiger charge is 2.31. The molecule has 0 bridgehead atoms. The number of carbonyl (C=O) groups is 1. The van der Waals surface area contributed by atoms with Crippen LogP contribution in [-0.2, 0) is 4.79 Å². The van der Waals surface area contributed by atoms with Crippen molar-refractivity contribution in [3.05, 3.63) is 0 Å². The number of nitrogens with one attached hydrogen (secondary N) is 2. The van der Waals surface area contributed by atoms with Crippen LogP contribution in [0, 0.1) is 5.92 Å². The van der Waals surface area contributed by atoms with Crippen molar-refractivity contribution in [2.45, 2.75) is 77.4 Å². The normalized spacial score (nSPS) is 26.2. The van der Waals surface area contributed by atoms with Crippen LogP contribution in [-0.4, -0.2) is 48.6 Å². The van der Waals surface area contributed by atoms with E-state index in [1.54, 1.807) is 0 Å². The quantitative estimate of drug-likeness (QED) is 0.789. The highest BCUT2D eigenvalue weighted by molar-refractivity contribution is 5.81. The molecule has 2 rings (SSSR count). The number of rotatable bonds is 6. The van der Waals surface area contributed by atoms with Gasteiger partial charge in [-0.25, -0.2) is 0 Å². The van der Waals surface area contributed by atoms with E-state index in [0.29, 0.717) is 6.04 Å². The Morgan fingerprint density at radius 1 is 1.24 bits per heavy atom. The van der Waals surface area contributed by atoms with Gasteiger partial charge in [-0.2, -0.15) is 0 Å². The number of carbonyl (C=O) groups excluding carboxylic acids is 1. The van der Waals surface area contributed by atoms with Gasteiger partial charge in [-0.15, -0.1) is 0 Å². The van der Waals surface area contributed by atoms with Crippen LogP contribution in [0.4, 0.5) is 0 Å². The van der Waals surface area contributed by atoms with Gasteiger partial charge in [0.1, 0.15) is 0 Å². The molecule has 2 saturated heterocycles. The Balaban J connectivity index is 1.76. The maximum atomic E-state index is 12.3. The third-order valence-electron chi connectivity index (χ3n) is 5.50. The van der Waals surface area contributed by atoms with Gasteiger partial charge in [-0.3, -0.25) is 9.69 Å². The molecular formula is C17H33N3O. The van der Waals surface area contributed by atoms with Crippen LogP contribution < -0.4 is 10.6 Å². The van der Waals surface area contributed by atoms with Crippen molar-refractivity contribution in [2.24, 2.45) is 5.92 Å². The molecule has 4 heteroatoms. The van der Waals surface area contributed by atoms with Gasteiger partial charge in [0.05, 0.1) is 6.04 Å². The zero-order chi connectivity index (χ0) is 15.2. The third-order valence-corrected chi connectivity index (χ3v) is 5.50. The Kier molecular flexibility index (Phi) is 6.49. The molecule has 2 atom stereocenters. The first-order valence-electron chi connectivity index (χ1n) is 8.93. The lowest BCUT2D eigenvalue weighted by molar-refractivity contribution is -0.127. The Labute approximate surface area is 130 Å². The number of likely N-dealkylation sites (tertiary alicyclic amines) is 1. The summed E-state index contributed by atoms with van der Waals surface area (Å²) in [6.07, 6.45) is 7.18. The summed E-state index contributed by atoms with van der Waals surface area (Å²) in [5.74, 6) is 1.03. The fourth-order valence-electron chi connectivity index (χ4n) is 3.80. The number of hydrogen-bond acceptors (Lipinski definition) is 3. The highest BCUT2D eigenvalue weighted by atomic mass is 16.2. The molecule has 2 heterocycles. The molecule has 2 aliphatic rings. The minimum absolute atomic E-state index is 0.0167. The van der Waals surface area contributed by atoms with E-state index in [-0.39, 0.29) is 11.9 Å². The lowest BCUT2D eigenvalue weighted by Crippen LogP contribution is -2.51. The molecule has 21 heavy (non-hydrogen) atoms. The predicted octanol–water partition coefficient (Wildman–Crippen LogP) is 2.14. The van der Waals surface area contributed by atoms with E-state index in [0.717, 1.165) is 37.9 Å². The molecule has 2 unspecified atom stereocenters. The van der Waals surface area contributed by atoms with Crippen molar-refractivity contribution in [3.8, 4) is 0 Å². The molecule has 4 nitrogen and oxygen atoms in total. The Morgan fingerprint density at radius 2 is 1.90 bits per heavy atom. The van der Waals surface area contributed by atoms with E-state index in [9.17, 15) is 4.79 Å². The summed E-state index contributed by atoms with van der Waals surface area (Å²) in [6.45, 7) is 9.67. The second kappa shape index (κ2) is 8.14. The second-order valence-corrected chi connectivity index (χ2v) is 6.77. The SMILES string of the molecule is CCC(CC)NC(=O)C(C)N1CCC(C2CCCN2)CC1. The summed E-state index contributed by atoms with van der Waals surface area (Å²) in [6, 6.07) is 1.09.